The molecule has 3 aromatic rings. The van der Waals surface area contributed by atoms with Crippen molar-refractivity contribution in [1.29, 1.82) is 0 Å². The highest BCUT2D eigenvalue weighted by molar-refractivity contribution is 5.56. The largest absolute Gasteiger partial charge is 0.502 e. The Morgan fingerprint density at radius 3 is 2.95 bits per heavy atom. The summed E-state index contributed by atoms with van der Waals surface area (Å²) in [6.07, 6.45) is 1.65. The van der Waals surface area contributed by atoms with Crippen LogP contribution in [-0.2, 0) is 6.42 Å². The van der Waals surface area contributed by atoms with Crippen LogP contribution in [0.5, 0.6) is 5.75 Å². The van der Waals surface area contributed by atoms with Crippen molar-refractivity contribution in [2.75, 3.05) is 0 Å². The first-order valence-electron chi connectivity index (χ1n) is 5.82. The summed E-state index contributed by atoms with van der Waals surface area (Å²) in [6.45, 7) is 0. The Morgan fingerprint density at radius 1 is 1.30 bits per heavy atom. The number of hydrogen-bond acceptors (Lipinski definition) is 6. The summed E-state index contributed by atoms with van der Waals surface area (Å²) in [4.78, 5) is 17.9. The fraction of sp³-hybridized carbons (Fsp3) is 0.0833. The summed E-state index contributed by atoms with van der Waals surface area (Å²) >= 11 is 0. The highest BCUT2D eigenvalue weighted by atomic mass is 16.3. The molecule has 20 heavy (non-hydrogen) atoms. The lowest BCUT2D eigenvalue weighted by molar-refractivity contribution is 0.463. The zero-order valence-electron chi connectivity index (χ0n) is 10.2. The van der Waals surface area contributed by atoms with E-state index >= 15 is 0 Å². The predicted octanol–water partition coefficient (Wildman–Crippen LogP) is 0.246. The van der Waals surface area contributed by atoms with E-state index in [0.29, 0.717) is 18.1 Å². The van der Waals surface area contributed by atoms with Gasteiger partial charge in [-0.05, 0) is 11.6 Å². The number of nitrogens with one attached hydrogen (secondary N) is 2. The lowest BCUT2D eigenvalue weighted by Gasteiger charge is -2.03. The lowest BCUT2D eigenvalue weighted by atomic mass is 10.1. The molecule has 0 radical (unpaired) electrons. The van der Waals surface area contributed by atoms with Gasteiger partial charge in [0.2, 0.25) is 0 Å². The number of nitrogens with zero attached hydrogens (tertiary/aromatic N) is 4. The summed E-state index contributed by atoms with van der Waals surface area (Å²) in [6, 6.07) is 7.44. The average Bonchev–Trinajstić information content (AvgIpc) is 2.95. The van der Waals surface area contributed by atoms with Crippen molar-refractivity contribution in [3.05, 3.63) is 52.2 Å². The number of rotatable bonds is 3. The van der Waals surface area contributed by atoms with Crippen LogP contribution in [0, 0.1) is 0 Å². The summed E-state index contributed by atoms with van der Waals surface area (Å²) < 4.78 is 0. The van der Waals surface area contributed by atoms with E-state index in [-0.39, 0.29) is 0 Å². The Kier molecular flexibility index (Phi) is 2.96. The van der Waals surface area contributed by atoms with Gasteiger partial charge in [0, 0.05) is 12.0 Å². The molecule has 3 N–H and O–H groups in total. The van der Waals surface area contributed by atoms with Crippen LogP contribution < -0.4 is 5.56 Å². The van der Waals surface area contributed by atoms with Crippen LogP contribution in [0.2, 0.25) is 0 Å². The molecular formula is C12H10N6O2. The van der Waals surface area contributed by atoms with Crippen LogP contribution in [0.4, 0.5) is 0 Å². The fourth-order valence-electron chi connectivity index (χ4n) is 1.80. The summed E-state index contributed by atoms with van der Waals surface area (Å²) in [5.74, 6) is 0.564. The second-order valence-corrected chi connectivity index (χ2v) is 4.15. The van der Waals surface area contributed by atoms with Gasteiger partial charge in [-0.2, -0.15) is 5.21 Å². The topological polar surface area (TPSA) is 120 Å². The third-order valence-corrected chi connectivity index (χ3v) is 2.73. The zero-order valence-corrected chi connectivity index (χ0v) is 10.2. The molecule has 2 heterocycles. The summed E-state index contributed by atoms with van der Waals surface area (Å²) in [5.41, 5.74) is 1.13. The van der Waals surface area contributed by atoms with Crippen molar-refractivity contribution in [2.45, 2.75) is 6.42 Å². The van der Waals surface area contributed by atoms with Crippen LogP contribution in [0.25, 0.3) is 11.4 Å². The van der Waals surface area contributed by atoms with Crippen LogP contribution in [0.15, 0.2) is 35.3 Å². The number of aromatic amines is 2. The molecule has 0 aliphatic rings. The Hall–Kier alpha value is -3.03. The van der Waals surface area contributed by atoms with Gasteiger partial charge >= 0.3 is 0 Å². The van der Waals surface area contributed by atoms with E-state index in [1.807, 2.05) is 24.3 Å². The van der Waals surface area contributed by atoms with E-state index in [9.17, 15) is 9.90 Å². The molecule has 0 aliphatic carbocycles. The second-order valence-electron chi connectivity index (χ2n) is 4.15. The molecule has 0 saturated carbocycles. The number of aromatic nitrogens is 6. The number of tetrazole rings is 1. The maximum absolute atomic E-state index is 11.4. The Morgan fingerprint density at radius 2 is 2.20 bits per heavy atom. The number of benzene rings is 1. The normalized spacial score (nSPS) is 10.6. The smallest absolute Gasteiger partial charge is 0.293 e. The highest BCUT2D eigenvalue weighted by Gasteiger charge is 2.06. The molecule has 0 saturated heterocycles. The Balaban J connectivity index is 1.94. The molecule has 0 aliphatic heterocycles. The van der Waals surface area contributed by atoms with Gasteiger partial charge in [0.05, 0.1) is 6.20 Å². The number of hydrogen-bond donors (Lipinski definition) is 3. The van der Waals surface area contributed by atoms with Crippen molar-refractivity contribution < 1.29 is 5.11 Å². The van der Waals surface area contributed by atoms with Gasteiger partial charge in [0.1, 0.15) is 5.82 Å². The van der Waals surface area contributed by atoms with Gasteiger partial charge in [-0.1, -0.05) is 23.4 Å². The maximum atomic E-state index is 11.4. The molecular weight excluding hydrogens is 260 g/mol. The molecule has 3 rings (SSSR count). The van der Waals surface area contributed by atoms with Crippen molar-refractivity contribution in [3.8, 4) is 17.1 Å². The van der Waals surface area contributed by atoms with Crippen molar-refractivity contribution in [2.24, 2.45) is 0 Å². The van der Waals surface area contributed by atoms with Gasteiger partial charge in [0.25, 0.3) is 5.56 Å². The molecule has 100 valence electrons. The molecule has 8 heteroatoms. The van der Waals surface area contributed by atoms with Gasteiger partial charge in [-0.15, -0.1) is 10.2 Å². The van der Waals surface area contributed by atoms with Gasteiger partial charge in [-0.25, -0.2) is 4.98 Å². The maximum Gasteiger partial charge on any atom is 0.293 e. The average molecular weight is 270 g/mol. The van der Waals surface area contributed by atoms with Crippen molar-refractivity contribution in [1.82, 2.24) is 30.6 Å². The highest BCUT2D eigenvalue weighted by Crippen LogP contribution is 2.17. The fourth-order valence-corrected chi connectivity index (χ4v) is 1.80. The molecule has 0 unspecified atom stereocenters. The van der Waals surface area contributed by atoms with E-state index in [1.54, 1.807) is 0 Å². The second kappa shape index (κ2) is 4.92. The van der Waals surface area contributed by atoms with Gasteiger partial charge < -0.3 is 10.1 Å². The summed E-state index contributed by atoms with van der Waals surface area (Å²) in [5, 5.41) is 22.8. The Bertz CT molecular complexity index is 781. The molecule has 0 fully saturated rings. The molecule has 0 atom stereocenters. The van der Waals surface area contributed by atoms with Crippen LogP contribution in [0.3, 0.4) is 0 Å². The standard InChI is InChI=1S/C12H10N6O2/c19-9-6-13-11(14-12(9)20)8-3-1-2-7(4-8)5-10-15-17-18-16-10/h1-4,6,19H,5H2,(H,13,14,20)(H,15,16,17,18). The first-order valence-corrected chi connectivity index (χ1v) is 5.82. The molecule has 0 amide bonds. The molecule has 0 spiro atoms. The predicted molar refractivity (Wildman–Crippen MR) is 68.9 cm³/mol. The van der Waals surface area contributed by atoms with E-state index < -0.39 is 11.3 Å². The monoisotopic (exact) mass is 270 g/mol. The van der Waals surface area contributed by atoms with Gasteiger partial charge in [0.15, 0.2) is 11.6 Å². The van der Waals surface area contributed by atoms with Crippen LogP contribution >= 0.6 is 0 Å². The van der Waals surface area contributed by atoms with E-state index in [1.165, 1.54) is 0 Å². The minimum absolute atomic E-state index is 0.391. The first-order chi connectivity index (χ1) is 9.72. The minimum Gasteiger partial charge on any atom is -0.502 e. The molecule has 1 aromatic carbocycles. The van der Waals surface area contributed by atoms with Crippen LogP contribution in [-0.4, -0.2) is 35.7 Å². The van der Waals surface area contributed by atoms with Crippen molar-refractivity contribution in [3.63, 3.8) is 0 Å². The summed E-state index contributed by atoms with van der Waals surface area (Å²) in [7, 11) is 0. The van der Waals surface area contributed by atoms with Crippen molar-refractivity contribution >= 4 is 0 Å². The number of aromatic hydroxyl groups is 1. The Labute approximate surface area is 112 Å². The van der Waals surface area contributed by atoms with E-state index in [4.69, 9.17) is 0 Å². The molecule has 2 aromatic heterocycles. The molecule has 8 nitrogen and oxygen atoms in total. The number of H-pyrrole nitrogens is 2. The van der Waals surface area contributed by atoms with Crippen LogP contribution in [0.1, 0.15) is 11.4 Å². The quantitative estimate of drug-likeness (QED) is 0.627. The van der Waals surface area contributed by atoms with E-state index in [2.05, 4.69) is 30.6 Å². The molecule has 0 bridgehead atoms. The third-order valence-electron chi connectivity index (χ3n) is 2.73. The van der Waals surface area contributed by atoms with Gasteiger partial charge in [-0.3, -0.25) is 4.79 Å². The lowest BCUT2D eigenvalue weighted by Crippen LogP contribution is -2.07. The first kappa shape index (κ1) is 12.0. The minimum atomic E-state index is -0.571. The van der Waals surface area contributed by atoms with E-state index in [0.717, 1.165) is 17.3 Å². The third kappa shape index (κ3) is 2.39. The zero-order chi connectivity index (χ0) is 13.9. The SMILES string of the molecule is O=c1[nH]c(-c2cccc(Cc3nn[nH]n3)c2)ncc1O.